The molecule has 0 radical (unpaired) electrons. The summed E-state index contributed by atoms with van der Waals surface area (Å²) in [5, 5.41) is 12.0. The zero-order valence-electron chi connectivity index (χ0n) is 15.6. The maximum Gasteiger partial charge on any atom is 0.310 e. The van der Waals surface area contributed by atoms with Gasteiger partial charge in [-0.3, -0.25) is 9.59 Å². The minimum Gasteiger partial charge on any atom is -0.481 e. The second-order valence-electron chi connectivity index (χ2n) is 7.18. The molecule has 1 fully saturated rings. The Balaban J connectivity index is 1.60. The van der Waals surface area contributed by atoms with Gasteiger partial charge in [0.1, 0.15) is 12.2 Å². The van der Waals surface area contributed by atoms with Gasteiger partial charge in [-0.2, -0.15) is 0 Å². The molecule has 1 saturated heterocycles. The van der Waals surface area contributed by atoms with Crippen molar-refractivity contribution in [3.63, 3.8) is 0 Å². The molecule has 1 aliphatic heterocycles. The largest absolute Gasteiger partial charge is 0.481 e. The van der Waals surface area contributed by atoms with Gasteiger partial charge >= 0.3 is 5.97 Å². The molecule has 0 bridgehead atoms. The number of ketones is 1. The average Bonchev–Trinajstić information content (AvgIpc) is 2.91. The number of anilines is 1. The molecule has 0 spiro atoms. The lowest BCUT2D eigenvalue weighted by molar-refractivity contribution is -0.140. The van der Waals surface area contributed by atoms with Gasteiger partial charge in [0.25, 0.3) is 0 Å². The highest BCUT2D eigenvalue weighted by atomic mass is 16.7. The fourth-order valence-electron chi connectivity index (χ4n) is 3.00. The molecule has 6 nitrogen and oxygen atoms in total. The van der Waals surface area contributed by atoms with Crippen LogP contribution >= 0.6 is 0 Å². The number of hydrogen-bond donors (Lipinski definition) is 2. The van der Waals surface area contributed by atoms with E-state index in [9.17, 15) is 9.59 Å². The SMILES string of the molecule is CC1(C)OCC(CCCNc2ccc(CCCC(=O)CC(=O)O)cc2)O1. The predicted octanol–water partition coefficient (Wildman–Crippen LogP) is 3.40. The maximum atomic E-state index is 11.4. The Morgan fingerprint density at radius 1 is 1.23 bits per heavy atom. The molecular formula is C20H29NO5. The molecule has 1 aliphatic rings. The highest BCUT2D eigenvalue weighted by Gasteiger charge is 2.31. The van der Waals surface area contributed by atoms with Crippen molar-refractivity contribution in [1.29, 1.82) is 0 Å². The van der Waals surface area contributed by atoms with Crippen molar-refractivity contribution < 1.29 is 24.2 Å². The molecular weight excluding hydrogens is 334 g/mol. The lowest BCUT2D eigenvalue weighted by atomic mass is 10.1. The van der Waals surface area contributed by atoms with E-state index in [-0.39, 0.29) is 18.3 Å². The lowest BCUT2D eigenvalue weighted by Crippen LogP contribution is -2.21. The van der Waals surface area contributed by atoms with Crippen molar-refractivity contribution in [3.05, 3.63) is 29.8 Å². The molecule has 1 heterocycles. The smallest absolute Gasteiger partial charge is 0.310 e. The van der Waals surface area contributed by atoms with Gasteiger partial charge in [0, 0.05) is 18.7 Å². The van der Waals surface area contributed by atoms with E-state index in [1.807, 2.05) is 38.1 Å². The first-order valence-electron chi connectivity index (χ1n) is 9.22. The number of aliphatic carboxylic acids is 1. The van der Waals surface area contributed by atoms with Crippen LogP contribution in [-0.4, -0.2) is 41.9 Å². The van der Waals surface area contributed by atoms with Crippen molar-refractivity contribution >= 4 is 17.4 Å². The predicted molar refractivity (Wildman–Crippen MR) is 99.3 cm³/mol. The van der Waals surface area contributed by atoms with Crippen molar-refractivity contribution in [2.45, 2.75) is 64.3 Å². The Morgan fingerprint density at radius 2 is 1.96 bits per heavy atom. The molecule has 0 aromatic heterocycles. The minimum absolute atomic E-state index is 0.179. The lowest BCUT2D eigenvalue weighted by Gasteiger charge is -2.17. The van der Waals surface area contributed by atoms with Crippen LogP contribution in [0.5, 0.6) is 0 Å². The van der Waals surface area contributed by atoms with Crippen LogP contribution in [0.2, 0.25) is 0 Å². The molecule has 1 aromatic rings. The monoisotopic (exact) mass is 363 g/mol. The van der Waals surface area contributed by atoms with E-state index in [1.54, 1.807) is 0 Å². The first kappa shape index (κ1) is 20.4. The number of carbonyl (C=O) groups excluding carboxylic acids is 1. The van der Waals surface area contributed by atoms with Crippen LogP contribution in [0.4, 0.5) is 5.69 Å². The zero-order chi connectivity index (χ0) is 19.0. The maximum absolute atomic E-state index is 11.4. The molecule has 2 N–H and O–H groups in total. The third kappa shape index (κ3) is 7.54. The Morgan fingerprint density at radius 3 is 2.58 bits per heavy atom. The summed E-state index contributed by atoms with van der Waals surface area (Å²) in [6.07, 6.45) is 3.56. The molecule has 6 heteroatoms. The van der Waals surface area contributed by atoms with Gasteiger partial charge in [0.05, 0.1) is 12.7 Å². The Bertz CT molecular complexity index is 597. The van der Waals surface area contributed by atoms with Gasteiger partial charge in [0.2, 0.25) is 0 Å². The van der Waals surface area contributed by atoms with Crippen LogP contribution in [0.1, 0.15) is 51.5 Å². The van der Waals surface area contributed by atoms with Gasteiger partial charge in [-0.05, 0) is 57.2 Å². The van der Waals surface area contributed by atoms with Crippen LogP contribution in [0.25, 0.3) is 0 Å². The van der Waals surface area contributed by atoms with E-state index in [1.165, 1.54) is 0 Å². The molecule has 26 heavy (non-hydrogen) atoms. The normalized spacial score (nSPS) is 18.6. The molecule has 0 amide bonds. The number of ether oxygens (including phenoxy) is 2. The topological polar surface area (TPSA) is 84.9 Å². The van der Waals surface area contributed by atoms with Crippen molar-refractivity contribution in [2.75, 3.05) is 18.5 Å². The van der Waals surface area contributed by atoms with Crippen LogP contribution in [0, 0.1) is 0 Å². The van der Waals surface area contributed by atoms with E-state index in [0.29, 0.717) is 19.4 Å². The van der Waals surface area contributed by atoms with Gasteiger partial charge in [-0.1, -0.05) is 12.1 Å². The summed E-state index contributed by atoms with van der Waals surface area (Å²) in [7, 11) is 0. The summed E-state index contributed by atoms with van der Waals surface area (Å²) < 4.78 is 11.3. The summed E-state index contributed by atoms with van der Waals surface area (Å²) in [6, 6.07) is 8.15. The molecule has 0 saturated carbocycles. The first-order chi connectivity index (χ1) is 12.3. The van der Waals surface area contributed by atoms with Crippen molar-refractivity contribution in [1.82, 2.24) is 0 Å². The number of benzene rings is 1. The first-order valence-corrected chi connectivity index (χ1v) is 9.22. The van der Waals surface area contributed by atoms with E-state index in [2.05, 4.69) is 5.32 Å². The van der Waals surface area contributed by atoms with E-state index in [0.717, 1.165) is 37.1 Å². The fourth-order valence-corrected chi connectivity index (χ4v) is 3.00. The standard InChI is InChI=1S/C20H29NO5/c1-20(2)25-14-18(26-20)7-4-12-21-16-10-8-15(9-11-16)5-3-6-17(22)13-19(23)24/h8-11,18,21H,3-7,12-14H2,1-2H3,(H,23,24). The molecule has 1 unspecified atom stereocenters. The van der Waals surface area contributed by atoms with Crippen LogP contribution < -0.4 is 5.32 Å². The Kier molecular flexibility index (Phi) is 7.60. The molecule has 2 rings (SSSR count). The summed E-state index contributed by atoms with van der Waals surface area (Å²) in [4.78, 5) is 21.8. The van der Waals surface area contributed by atoms with Gasteiger partial charge < -0.3 is 19.9 Å². The number of hydrogen-bond acceptors (Lipinski definition) is 5. The van der Waals surface area contributed by atoms with Crippen LogP contribution in [0.3, 0.4) is 0 Å². The third-order valence-corrected chi connectivity index (χ3v) is 4.32. The highest BCUT2D eigenvalue weighted by molar-refractivity contribution is 5.94. The Hall–Kier alpha value is -1.92. The number of nitrogens with one attached hydrogen (secondary N) is 1. The number of aryl methyl sites for hydroxylation is 1. The molecule has 0 aliphatic carbocycles. The average molecular weight is 363 g/mol. The minimum atomic E-state index is -1.05. The number of carboxylic acids is 1. The summed E-state index contributed by atoms with van der Waals surface area (Å²) in [5.41, 5.74) is 2.22. The van der Waals surface area contributed by atoms with E-state index in [4.69, 9.17) is 14.6 Å². The number of carboxylic acid groups (broad SMARTS) is 1. The van der Waals surface area contributed by atoms with Crippen LogP contribution in [0.15, 0.2) is 24.3 Å². The summed E-state index contributed by atoms with van der Waals surface area (Å²) >= 11 is 0. The quantitative estimate of drug-likeness (QED) is 0.463. The van der Waals surface area contributed by atoms with E-state index < -0.39 is 11.8 Å². The van der Waals surface area contributed by atoms with Gasteiger partial charge in [0.15, 0.2) is 5.79 Å². The summed E-state index contributed by atoms with van der Waals surface area (Å²) in [5.74, 6) is -1.72. The van der Waals surface area contributed by atoms with Crippen LogP contribution in [-0.2, 0) is 25.5 Å². The highest BCUT2D eigenvalue weighted by Crippen LogP contribution is 2.24. The zero-order valence-corrected chi connectivity index (χ0v) is 15.6. The number of rotatable bonds is 11. The second kappa shape index (κ2) is 9.69. The van der Waals surface area contributed by atoms with Crippen molar-refractivity contribution in [3.8, 4) is 0 Å². The molecule has 1 atom stereocenters. The second-order valence-corrected chi connectivity index (χ2v) is 7.18. The van der Waals surface area contributed by atoms with Gasteiger partial charge in [-0.25, -0.2) is 0 Å². The van der Waals surface area contributed by atoms with E-state index >= 15 is 0 Å². The number of Topliss-reactive ketones (excluding diaryl/α,β-unsaturated/α-hetero) is 1. The fraction of sp³-hybridized carbons (Fsp3) is 0.600. The molecule has 1 aromatic carbocycles. The van der Waals surface area contributed by atoms with Crippen molar-refractivity contribution in [2.24, 2.45) is 0 Å². The number of carbonyl (C=O) groups is 2. The third-order valence-electron chi connectivity index (χ3n) is 4.32. The summed E-state index contributed by atoms with van der Waals surface area (Å²) in [6.45, 7) is 5.42. The van der Waals surface area contributed by atoms with Gasteiger partial charge in [-0.15, -0.1) is 0 Å². The Labute approximate surface area is 154 Å². The molecule has 144 valence electrons.